The van der Waals surface area contributed by atoms with Gasteiger partial charge in [-0.25, -0.2) is 4.99 Å². The van der Waals surface area contributed by atoms with Crippen molar-refractivity contribution >= 4 is 23.6 Å². The van der Waals surface area contributed by atoms with Gasteiger partial charge in [0.15, 0.2) is 0 Å². The number of rotatable bonds is 2. The van der Waals surface area contributed by atoms with E-state index in [4.69, 9.17) is 4.42 Å². The molecule has 3 rings (SSSR count). The second-order valence-electron chi connectivity index (χ2n) is 5.04. The first-order chi connectivity index (χ1) is 10.6. The summed E-state index contributed by atoms with van der Waals surface area (Å²) in [5.41, 5.74) is 2.22. The van der Waals surface area contributed by atoms with Gasteiger partial charge in [-0.05, 0) is 37.3 Å². The Morgan fingerprint density at radius 3 is 3.05 bits per heavy atom. The second-order valence-corrected chi connectivity index (χ2v) is 5.04. The molecule has 110 valence electrons. The fraction of sp³-hybridized carbons (Fsp3) is 0.118. The molecular weight excluding hydrogens is 280 g/mol. The lowest BCUT2D eigenvalue weighted by atomic mass is 9.89. The van der Waals surface area contributed by atoms with E-state index < -0.39 is 0 Å². The third kappa shape index (κ3) is 3.03. The number of allylic oxidation sites excluding steroid dienone is 3. The van der Waals surface area contributed by atoms with Gasteiger partial charge in [-0.15, -0.1) is 0 Å². The topological polar surface area (TPSA) is 71.7 Å². The van der Waals surface area contributed by atoms with Crippen LogP contribution in [0.3, 0.4) is 0 Å². The van der Waals surface area contributed by atoms with Crippen LogP contribution in [0.15, 0.2) is 69.5 Å². The summed E-state index contributed by atoms with van der Waals surface area (Å²) in [6.45, 7) is 1.90. The van der Waals surface area contributed by atoms with Crippen LogP contribution in [0.1, 0.15) is 12.7 Å². The molecule has 1 aromatic rings. The third-order valence-corrected chi connectivity index (χ3v) is 3.39. The number of hydrogen-bond acceptors (Lipinski definition) is 3. The minimum atomic E-state index is -0.388. The molecule has 2 heterocycles. The number of carbonyl (C=O) groups is 2. The summed E-state index contributed by atoms with van der Waals surface area (Å²) >= 11 is 0. The average molecular weight is 294 g/mol. The van der Waals surface area contributed by atoms with E-state index in [0.29, 0.717) is 11.5 Å². The van der Waals surface area contributed by atoms with Crippen molar-refractivity contribution in [2.45, 2.75) is 6.92 Å². The zero-order valence-corrected chi connectivity index (χ0v) is 11.9. The van der Waals surface area contributed by atoms with Gasteiger partial charge in [-0.2, -0.15) is 0 Å². The van der Waals surface area contributed by atoms with Crippen LogP contribution in [0, 0.1) is 5.92 Å². The summed E-state index contributed by atoms with van der Waals surface area (Å²) in [6, 6.07) is 3.49. The van der Waals surface area contributed by atoms with Gasteiger partial charge in [0, 0.05) is 23.8 Å². The predicted molar refractivity (Wildman–Crippen MR) is 82.8 cm³/mol. The first-order valence-corrected chi connectivity index (χ1v) is 6.85. The second kappa shape index (κ2) is 5.81. The molecule has 0 spiro atoms. The van der Waals surface area contributed by atoms with Crippen LogP contribution in [0.25, 0.3) is 6.08 Å². The fourth-order valence-corrected chi connectivity index (χ4v) is 2.36. The van der Waals surface area contributed by atoms with Crippen LogP contribution in [-0.2, 0) is 9.59 Å². The molecule has 0 aromatic carbocycles. The van der Waals surface area contributed by atoms with Crippen LogP contribution < -0.4 is 5.32 Å². The maximum atomic E-state index is 11.8. The molecule has 1 atom stereocenters. The van der Waals surface area contributed by atoms with E-state index in [1.807, 2.05) is 13.0 Å². The van der Waals surface area contributed by atoms with Crippen LogP contribution in [0.4, 0.5) is 0 Å². The van der Waals surface area contributed by atoms with Gasteiger partial charge < -0.3 is 9.73 Å². The average Bonchev–Trinajstić information content (AvgIpc) is 2.98. The van der Waals surface area contributed by atoms with Crippen LogP contribution in [-0.4, -0.2) is 17.5 Å². The molecule has 0 saturated heterocycles. The summed E-state index contributed by atoms with van der Waals surface area (Å²) in [6.07, 6.45) is 11.4. The number of nitrogens with zero attached hydrogens (tertiary/aromatic N) is 1. The number of amides is 2. The molecule has 2 aliphatic rings. The minimum absolute atomic E-state index is 0.0467. The van der Waals surface area contributed by atoms with Gasteiger partial charge in [0.2, 0.25) is 5.91 Å². The van der Waals surface area contributed by atoms with E-state index in [0.717, 1.165) is 11.3 Å². The van der Waals surface area contributed by atoms with Crippen molar-refractivity contribution in [3.8, 4) is 0 Å². The molecule has 0 bridgehead atoms. The Bertz CT molecular complexity index is 762. The SMILES string of the molecule is CC1=CC(=O)NC2=CC(=NC(=O)/C=C/c3ccco3)C=CC12. The Hall–Kier alpha value is -2.95. The molecule has 1 N–H and O–H groups in total. The van der Waals surface area contributed by atoms with Crippen molar-refractivity contribution in [1.82, 2.24) is 5.32 Å². The Morgan fingerprint density at radius 1 is 1.41 bits per heavy atom. The quantitative estimate of drug-likeness (QED) is 0.851. The predicted octanol–water partition coefficient (Wildman–Crippen LogP) is 2.41. The summed E-state index contributed by atoms with van der Waals surface area (Å²) in [5.74, 6) is 0.0938. The Balaban J connectivity index is 1.76. The molecule has 1 aliphatic heterocycles. The van der Waals surface area contributed by atoms with E-state index in [-0.39, 0.29) is 17.7 Å². The van der Waals surface area contributed by atoms with Gasteiger partial charge in [0.25, 0.3) is 5.91 Å². The Morgan fingerprint density at radius 2 is 2.27 bits per heavy atom. The van der Waals surface area contributed by atoms with Crippen molar-refractivity contribution in [1.29, 1.82) is 0 Å². The van der Waals surface area contributed by atoms with Gasteiger partial charge in [-0.3, -0.25) is 9.59 Å². The molecule has 22 heavy (non-hydrogen) atoms. The number of hydrogen-bond donors (Lipinski definition) is 1. The third-order valence-electron chi connectivity index (χ3n) is 3.39. The van der Waals surface area contributed by atoms with E-state index in [1.54, 1.807) is 36.4 Å². The van der Waals surface area contributed by atoms with Crippen molar-refractivity contribution in [2.75, 3.05) is 0 Å². The molecule has 0 fully saturated rings. The number of furan rings is 1. The number of aliphatic imine (C=N–C) groups is 1. The van der Waals surface area contributed by atoms with Gasteiger partial charge in [0.1, 0.15) is 5.76 Å². The van der Waals surface area contributed by atoms with Crippen LogP contribution in [0.5, 0.6) is 0 Å². The highest BCUT2D eigenvalue weighted by Gasteiger charge is 2.23. The molecule has 2 amide bonds. The van der Waals surface area contributed by atoms with Crippen LogP contribution in [0.2, 0.25) is 0 Å². The molecule has 5 heteroatoms. The molecule has 1 unspecified atom stereocenters. The van der Waals surface area contributed by atoms with E-state index in [1.165, 1.54) is 12.3 Å². The van der Waals surface area contributed by atoms with Crippen molar-refractivity contribution in [2.24, 2.45) is 10.9 Å². The zero-order chi connectivity index (χ0) is 15.5. The van der Waals surface area contributed by atoms with E-state index in [2.05, 4.69) is 10.3 Å². The first kappa shape index (κ1) is 14.0. The summed E-state index contributed by atoms with van der Waals surface area (Å²) in [5, 5.41) is 2.78. The summed E-state index contributed by atoms with van der Waals surface area (Å²) in [7, 11) is 0. The van der Waals surface area contributed by atoms with E-state index >= 15 is 0 Å². The van der Waals surface area contributed by atoms with Crippen molar-refractivity contribution < 1.29 is 14.0 Å². The minimum Gasteiger partial charge on any atom is -0.465 e. The number of nitrogens with one attached hydrogen (secondary N) is 1. The van der Waals surface area contributed by atoms with E-state index in [9.17, 15) is 9.59 Å². The molecule has 1 aliphatic carbocycles. The lowest BCUT2D eigenvalue weighted by Crippen LogP contribution is -2.32. The molecule has 0 radical (unpaired) electrons. The molecule has 1 aromatic heterocycles. The Labute approximate surface area is 127 Å². The Kier molecular flexibility index (Phi) is 3.70. The normalized spacial score (nSPS) is 22.3. The van der Waals surface area contributed by atoms with Crippen molar-refractivity contribution in [3.05, 3.63) is 65.8 Å². The molecular formula is C17H14N2O3. The van der Waals surface area contributed by atoms with Gasteiger partial charge >= 0.3 is 0 Å². The maximum Gasteiger partial charge on any atom is 0.270 e. The van der Waals surface area contributed by atoms with Gasteiger partial charge in [0.05, 0.1) is 12.0 Å². The summed E-state index contributed by atoms with van der Waals surface area (Å²) < 4.78 is 5.10. The smallest absolute Gasteiger partial charge is 0.270 e. The maximum absolute atomic E-state index is 11.8. The lowest BCUT2D eigenvalue weighted by Gasteiger charge is -2.25. The number of carbonyl (C=O) groups excluding carboxylic acids is 2. The summed E-state index contributed by atoms with van der Waals surface area (Å²) in [4.78, 5) is 27.3. The molecule has 0 saturated carbocycles. The van der Waals surface area contributed by atoms with Crippen molar-refractivity contribution in [3.63, 3.8) is 0 Å². The fourth-order valence-electron chi connectivity index (χ4n) is 2.36. The highest BCUT2D eigenvalue weighted by atomic mass is 16.3. The largest absolute Gasteiger partial charge is 0.465 e. The molecule has 5 nitrogen and oxygen atoms in total. The monoisotopic (exact) mass is 294 g/mol. The van der Waals surface area contributed by atoms with Gasteiger partial charge in [-0.1, -0.05) is 11.6 Å². The zero-order valence-electron chi connectivity index (χ0n) is 11.9. The first-order valence-electron chi connectivity index (χ1n) is 6.85. The standard InChI is InChI=1S/C17H14N2O3/c1-11-9-17(21)19-15-10-12(4-6-14(11)15)18-16(20)7-5-13-3-2-8-22-13/h2-10,14H,1H3,(H,19,21)/b7-5+,18-12?. The lowest BCUT2D eigenvalue weighted by molar-refractivity contribution is -0.116. The highest BCUT2D eigenvalue weighted by Crippen LogP contribution is 2.26. The van der Waals surface area contributed by atoms with Crippen LogP contribution >= 0.6 is 0 Å². The highest BCUT2D eigenvalue weighted by molar-refractivity contribution is 6.13. The number of fused-ring (bicyclic) bond motifs is 1.